The Bertz CT molecular complexity index is 419. The average molecular weight is 247 g/mol. The Morgan fingerprint density at radius 3 is 2.82 bits per heavy atom. The van der Waals surface area contributed by atoms with Crippen LogP contribution in [0.1, 0.15) is 18.4 Å². The molecule has 0 spiro atoms. The number of benzene rings is 1. The van der Waals surface area contributed by atoms with Gasteiger partial charge in [-0.05, 0) is 48.5 Å². The highest BCUT2D eigenvalue weighted by Crippen LogP contribution is 2.24. The van der Waals surface area contributed by atoms with E-state index in [0.29, 0.717) is 11.3 Å². The summed E-state index contributed by atoms with van der Waals surface area (Å²) in [5.74, 6) is 3.33. The predicted octanol–water partition coefficient (Wildman–Crippen LogP) is 2.70. The zero-order chi connectivity index (χ0) is 12.1. The fourth-order valence-electron chi connectivity index (χ4n) is 1.99. The van der Waals surface area contributed by atoms with E-state index in [4.69, 9.17) is 11.0 Å². The van der Waals surface area contributed by atoms with Gasteiger partial charge in [-0.3, -0.25) is 0 Å². The monoisotopic (exact) mass is 247 g/mol. The van der Waals surface area contributed by atoms with Gasteiger partial charge in [-0.1, -0.05) is 0 Å². The van der Waals surface area contributed by atoms with Crippen LogP contribution < -0.4 is 11.1 Å². The standard InChI is InChI=1S/C13H17N3S/c14-8-11-1-2-12(7-13(11)15)16-9-10-3-5-17-6-4-10/h1-2,7,10,16H,3-6,9,15H2. The van der Waals surface area contributed by atoms with Crippen molar-refractivity contribution in [1.29, 1.82) is 5.26 Å². The Hall–Kier alpha value is -1.34. The maximum absolute atomic E-state index is 8.79. The minimum Gasteiger partial charge on any atom is -0.398 e. The lowest BCUT2D eigenvalue weighted by Gasteiger charge is -2.22. The van der Waals surface area contributed by atoms with Gasteiger partial charge >= 0.3 is 0 Å². The van der Waals surface area contributed by atoms with Crippen LogP contribution in [0.25, 0.3) is 0 Å². The summed E-state index contributed by atoms with van der Waals surface area (Å²) in [7, 11) is 0. The maximum Gasteiger partial charge on any atom is 0.101 e. The second-order valence-corrected chi connectivity index (χ2v) is 5.58. The minimum absolute atomic E-state index is 0.546. The number of nitriles is 1. The maximum atomic E-state index is 8.79. The van der Waals surface area contributed by atoms with Crippen molar-refractivity contribution in [3.63, 3.8) is 0 Å². The minimum atomic E-state index is 0.546. The number of nitrogens with two attached hydrogens (primary N) is 1. The summed E-state index contributed by atoms with van der Waals surface area (Å²) in [5.41, 5.74) is 7.89. The molecule has 90 valence electrons. The van der Waals surface area contributed by atoms with E-state index in [9.17, 15) is 0 Å². The van der Waals surface area contributed by atoms with Gasteiger partial charge in [-0.25, -0.2) is 0 Å². The number of hydrogen-bond acceptors (Lipinski definition) is 4. The van der Waals surface area contributed by atoms with Crippen LogP contribution in [0.3, 0.4) is 0 Å². The number of hydrogen-bond donors (Lipinski definition) is 2. The fourth-order valence-corrected chi connectivity index (χ4v) is 3.19. The Labute approximate surface area is 106 Å². The van der Waals surface area contributed by atoms with E-state index in [-0.39, 0.29) is 0 Å². The highest BCUT2D eigenvalue weighted by atomic mass is 32.2. The van der Waals surface area contributed by atoms with Crippen molar-refractivity contribution in [3.05, 3.63) is 23.8 Å². The summed E-state index contributed by atoms with van der Waals surface area (Å²) >= 11 is 2.04. The van der Waals surface area contributed by atoms with Gasteiger partial charge in [-0.2, -0.15) is 17.0 Å². The molecule has 1 saturated heterocycles. The molecule has 0 saturated carbocycles. The molecule has 0 aliphatic carbocycles. The zero-order valence-electron chi connectivity index (χ0n) is 9.78. The van der Waals surface area contributed by atoms with E-state index in [0.717, 1.165) is 18.2 Å². The molecule has 3 nitrogen and oxygen atoms in total. The van der Waals surface area contributed by atoms with Gasteiger partial charge in [0.2, 0.25) is 0 Å². The van der Waals surface area contributed by atoms with E-state index in [2.05, 4.69) is 11.4 Å². The van der Waals surface area contributed by atoms with Crippen molar-refractivity contribution in [3.8, 4) is 6.07 Å². The van der Waals surface area contributed by atoms with E-state index >= 15 is 0 Å². The third-order valence-electron chi connectivity index (χ3n) is 3.11. The Morgan fingerprint density at radius 2 is 2.18 bits per heavy atom. The number of anilines is 2. The van der Waals surface area contributed by atoms with Crippen LogP contribution in [-0.4, -0.2) is 18.1 Å². The van der Waals surface area contributed by atoms with E-state index in [1.165, 1.54) is 24.3 Å². The van der Waals surface area contributed by atoms with Crippen LogP contribution in [0.15, 0.2) is 18.2 Å². The molecule has 1 heterocycles. The van der Waals surface area contributed by atoms with Crippen molar-refractivity contribution < 1.29 is 0 Å². The van der Waals surface area contributed by atoms with Gasteiger partial charge in [0.15, 0.2) is 0 Å². The molecular formula is C13H17N3S. The van der Waals surface area contributed by atoms with Crippen LogP contribution >= 0.6 is 11.8 Å². The normalized spacial score (nSPS) is 16.4. The third-order valence-corrected chi connectivity index (χ3v) is 4.16. The van der Waals surface area contributed by atoms with Gasteiger partial charge < -0.3 is 11.1 Å². The lowest BCUT2D eigenvalue weighted by Crippen LogP contribution is -2.19. The van der Waals surface area contributed by atoms with Crippen molar-refractivity contribution in [2.75, 3.05) is 29.1 Å². The van der Waals surface area contributed by atoms with Crippen LogP contribution in [0.2, 0.25) is 0 Å². The largest absolute Gasteiger partial charge is 0.398 e. The number of rotatable bonds is 3. The number of nitrogens with one attached hydrogen (secondary N) is 1. The van der Waals surface area contributed by atoms with Gasteiger partial charge in [0.1, 0.15) is 6.07 Å². The van der Waals surface area contributed by atoms with Crippen LogP contribution in [-0.2, 0) is 0 Å². The molecule has 0 atom stereocenters. The molecule has 0 radical (unpaired) electrons. The summed E-state index contributed by atoms with van der Waals surface area (Å²) in [5, 5.41) is 12.2. The first kappa shape index (κ1) is 12.1. The molecule has 1 aromatic rings. The molecule has 0 amide bonds. The van der Waals surface area contributed by atoms with Crippen molar-refractivity contribution in [2.45, 2.75) is 12.8 Å². The molecule has 4 heteroatoms. The number of nitrogen functional groups attached to an aromatic ring is 1. The summed E-state index contributed by atoms with van der Waals surface area (Å²) in [6.07, 6.45) is 2.59. The summed E-state index contributed by atoms with van der Waals surface area (Å²) < 4.78 is 0. The topological polar surface area (TPSA) is 61.8 Å². The van der Waals surface area contributed by atoms with Crippen LogP contribution in [0.4, 0.5) is 11.4 Å². The first-order chi connectivity index (χ1) is 8.29. The quantitative estimate of drug-likeness (QED) is 0.806. The third kappa shape index (κ3) is 3.31. The molecule has 3 N–H and O–H groups in total. The van der Waals surface area contributed by atoms with E-state index < -0.39 is 0 Å². The lowest BCUT2D eigenvalue weighted by atomic mass is 10.0. The first-order valence-corrected chi connectivity index (χ1v) is 7.06. The van der Waals surface area contributed by atoms with Crippen LogP contribution in [0.5, 0.6) is 0 Å². The predicted molar refractivity (Wildman–Crippen MR) is 74.1 cm³/mol. The molecule has 0 bridgehead atoms. The van der Waals surface area contributed by atoms with Gasteiger partial charge in [-0.15, -0.1) is 0 Å². The highest BCUT2D eigenvalue weighted by molar-refractivity contribution is 7.99. The number of thioether (sulfide) groups is 1. The second kappa shape index (κ2) is 5.83. The Morgan fingerprint density at radius 1 is 1.41 bits per heavy atom. The van der Waals surface area contributed by atoms with Crippen LogP contribution in [0, 0.1) is 17.2 Å². The summed E-state index contributed by atoms with van der Waals surface area (Å²) in [6, 6.07) is 7.61. The summed E-state index contributed by atoms with van der Waals surface area (Å²) in [4.78, 5) is 0. The number of nitrogens with zero attached hydrogens (tertiary/aromatic N) is 1. The molecule has 1 aliphatic heterocycles. The highest BCUT2D eigenvalue weighted by Gasteiger charge is 2.13. The molecular weight excluding hydrogens is 230 g/mol. The molecule has 0 unspecified atom stereocenters. The van der Waals surface area contributed by atoms with E-state index in [1.54, 1.807) is 6.07 Å². The Kier molecular flexibility index (Phi) is 4.16. The van der Waals surface area contributed by atoms with E-state index in [1.807, 2.05) is 23.9 Å². The SMILES string of the molecule is N#Cc1ccc(NCC2CCSCC2)cc1N. The summed E-state index contributed by atoms with van der Waals surface area (Å²) in [6.45, 7) is 1.01. The van der Waals surface area contributed by atoms with Crippen molar-refractivity contribution in [2.24, 2.45) is 5.92 Å². The average Bonchev–Trinajstić information content (AvgIpc) is 2.38. The van der Waals surface area contributed by atoms with Crippen molar-refractivity contribution in [1.82, 2.24) is 0 Å². The molecule has 2 rings (SSSR count). The van der Waals surface area contributed by atoms with Gasteiger partial charge in [0.05, 0.1) is 11.3 Å². The lowest BCUT2D eigenvalue weighted by molar-refractivity contribution is 0.516. The fraction of sp³-hybridized carbons (Fsp3) is 0.462. The molecule has 17 heavy (non-hydrogen) atoms. The van der Waals surface area contributed by atoms with Gasteiger partial charge in [0, 0.05) is 12.2 Å². The second-order valence-electron chi connectivity index (χ2n) is 4.35. The molecule has 1 aliphatic rings. The molecule has 1 aromatic carbocycles. The first-order valence-electron chi connectivity index (χ1n) is 5.91. The zero-order valence-corrected chi connectivity index (χ0v) is 10.6. The molecule has 0 aromatic heterocycles. The van der Waals surface area contributed by atoms with Crippen molar-refractivity contribution >= 4 is 23.1 Å². The molecule has 1 fully saturated rings. The Balaban J connectivity index is 1.90. The van der Waals surface area contributed by atoms with Gasteiger partial charge in [0.25, 0.3) is 0 Å². The smallest absolute Gasteiger partial charge is 0.101 e.